The maximum absolute atomic E-state index is 13.0. The Bertz CT molecular complexity index is 1260. The van der Waals surface area contributed by atoms with Crippen LogP contribution in [0.15, 0.2) is 90.3 Å². The number of sulfonamides is 1. The number of carbonyl (C=O) groups excluding carboxylic acids is 2. The monoisotopic (exact) mass is 449 g/mol. The topological polar surface area (TPSA) is 104 Å². The van der Waals surface area contributed by atoms with Crippen LogP contribution in [-0.2, 0) is 10.0 Å². The summed E-state index contributed by atoms with van der Waals surface area (Å²) in [6.07, 6.45) is 1.56. The van der Waals surface area contributed by atoms with Gasteiger partial charge in [0.1, 0.15) is 0 Å². The molecule has 0 unspecified atom stereocenters. The molecule has 0 aliphatic heterocycles. The van der Waals surface area contributed by atoms with E-state index in [0.29, 0.717) is 29.0 Å². The number of nitrogens with one attached hydrogen (secondary N) is 3. The second-order valence-corrected chi connectivity index (χ2v) is 8.58. The molecule has 3 N–H and O–H groups in total. The van der Waals surface area contributed by atoms with Gasteiger partial charge in [-0.15, -0.1) is 6.58 Å². The van der Waals surface area contributed by atoms with Crippen LogP contribution < -0.4 is 15.4 Å². The first-order chi connectivity index (χ1) is 15.3. The Morgan fingerprint density at radius 3 is 2.19 bits per heavy atom. The minimum atomic E-state index is -3.81. The summed E-state index contributed by atoms with van der Waals surface area (Å²) in [6, 6.07) is 19.4. The Morgan fingerprint density at radius 2 is 1.47 bits per heavy atom. The molecule has 3 aromatic carbocycles. The van der Waals surface area contributed by atoms with Gasteiger partial charge in [-0.2, -0.15) is 0 Å². The average molecular weight is 450 g/mol. The third-order valence-corrected chi connectivity index (χ3v) is 6.08. The van der Waals surface area contributed by atoms with E-state index < -0.39 is 15.9 Å². The molecule has 0 saturated heterocycles. The molecule has 32 heavy (non-hydrogen) atoms. The van der Waals surface area contributed by atoms with E-state index in [4.69, 9.17) is 0 Å². The van der Waals surface area contributed by atoms with E-state index in [0.717, 1.165) is 0 Å². The van der Waals surface area contributed by atoms with Gasteiger partial charge in [0.2, 0.25) is 0 Å². The predicted octanol–water partition coefficient (Wildman–Crippen LogP) is 3.96. The smallest absolute Gasteiger partial charge is 0.261 e. The number of hydrogen-bond acceptors (Lipinski definition) is 4. The summed E-state index contributed by atoms with van der Waals surface area (Å²) in [5.41, 5.74) is 1.67. The van der Waals surface area contributed by atoms with Crippen molar-refractivity contribution in [2.24, 2.45) is 0 Å². The fraction of sp³-hybridized carbons (Fsp3) is 0.0833. The summed E-state index contributed by atoms with van der Waals surface area (Å²) in [5, 5.41) is 5.42. The molecule has 164 valence electrons. The first-order valence-electron chi connectivity index (χ1n) is 9.80. The van der Waals surface area contributed by atoms with Crippen molar-refractivity contribution in [1.82, 2.24) is 5.32 Å². The van der Waals surface area contributed by atoms with Gasteiger partial charge in [0.05, 0.1) is 21.8 Å². The van der Waals surface area contributed by atoms with Crippen LogP contribution in [0.3, 0.4) is 0 Å². The third-order valence-electron chi connectivity index (χ3n) is 4.70. The molecule has 0 heterocycles. The second-order valence-electron chi connectivity index (χ2n) is 6.90. The van der Waals surface area contributed by atoms with Crippen molar-refractivity contribution in [3.05, 3.63) is 102 Å². The van der Waals surface area contributed by atoms with Crippen LogP contribution in [-0.4, -0.2) is 26.8 Å². The van der Waals surface area contributed by atoms with Crippen molar-refractivity contribution in [2.75, 3.05) is 16.6 Å². The van der Waals surface area contributed by atoms with E-state index in [2.05, 4.69) is 21.9 Å². The van der Waals surface area contributed by atoms with Gasteiger partial charge in [0.25, 0.3) is 21.8 Å². The largest absolute Gasteiger partial charge is 0.349 e. The molecule has 0 fully saturated rings. The number of carbonyl (C=O) groups is 2. The Hall–Kier alpha value is -3.91. The second kappa shape index (κ2) is 9.93. The van der Waals surface area contributed by atoms with Gasteiger partial charge in [0, 0.05) is 12.1 Å². The molecule has 3 rings (SSSR count). The normalized spacial score (nSPS) is 10.8. The van der Waals surface area contributed by atoms with Gasteiger partial charge in [-0.05, 0) is 48.9 Å². The SMILES string of the molecule is C=CCNC(=O)c1ccccc1NC(=O)c1cccc(NS(=O)(=O)c2ccccc2)c1C. The van der Waals surface area contributed by atoms with Gasteiger partial charge in [0.15, 0.2) is 0 Å². The van der Waals surface area contributed by atoms with Crippen molar-refractivity contribution in [1.29, 1.82) is 0 Å². The molecular weight excluding hydrogens is 426 g/mol. The van der Waals surface area contributed by atoms with E-state index >= 15 is 0 Å². The molecule has 0 atom stereocenters. The van der Waals surface area contributed by atoms with Gasteiger partial charge in [-0.1, -0.05) is 42.5 Å². The zero-order valence-corrected chi connectivity index (χ0v) is 18.3. The fourth-order valence-corrected chi connectivity index (χ4v) is 4.18. The van der Waals surface area contributed by atoms with Crippen LogP contribution in [0, 0.1) is 6.92 Å². The van der Waals surface area contributed by atoms with Crippen molar-refractivity contribution in [3.8, 4) is 0 Å². The standard InChI is InChI=1S/C24H23N3O4S/c1-3-16-25-23(28)20-12-7-8-14-22(20)26-24(29)19-13-9-15-21(17(19)2)27-32(30,31)18-10-5-4-6-11-18/h3-15,27H,1,16H2,2H3,(H,25,28)(H,26,29). The maximum atomic E-state index is 13.0. The summed E-state index contributed by atoms with van der Waals surface area (Å²) < 4.78 is 27.9. The Balaban J connectivity index is 1.85. The molecule has 2 amide bonds. The van der Waals surface area contributed by atoms with Crippen LogP contribution in [0.4, 0.5) is 11.4 Å². The molecule has 0 saturated carbocycles. The van der Waals surface area contributed by atoms with E-state index in [-0.39, 0.29) is 16.4 Å². The number of hydrogen-bond donors (Lipinski definition) is 3. The average Bonchev–Trinajstić information content (AvgIpc) is 2.79. The minimum absolute atomic E-state index is 0.119. The lowest BCUT2D eigenvalue weighted by Crippen LogP contribution is -2.25. The zero-order valence-electron chi connectivity index (χ0n) is 17.5. The van der Waals surface area contributed by atoms with Crippen molar-refractivity contribution in [3.63, 3.8) is 0 Å². The highest BCUT2D eigenvalue weighted by atomic mass is 32.2. The van der Waals surface area contributed by atoms with Crippen LogP contribution >= 0.6 is 0 Å². The molecule has 0 aliphatic rings. The quantitative estimate of drug-likeness (QED) is 0.453. The molecule has 0 radical (unpaired) electrons. The number of para-hydroxylation sites is 1. The van der Waals surface area contributed by atoms with Crippen LogP contribution in [0.5, 0.6) is 0 Å². The van der Waals surface area contributed by atoms with E-state index in [1.807, 2.05) is 0 Å². The van der Waals surface area contributed by atoms with Crippen LogP contribution in [0.25, 0.3) is 0 Å². The molecule has 0 aromatic heterocycles. The molecular formula is C24H23N3O4S. The summed E-state index contributed by atoms with van der Waals surface area (Å²) in [5.74, 6) is -0.811. The summed E-state index contributed by atoms with van der Waals surface area (Å²) >= 11 is 0. The van der Waals surface area contributed by atoms with Crippen molar-refractivity contribution in [2.45, 2.75) is 11.8 Å². The van der Waals surface area contributed by atoms with Gasteiger partial charge in [-0.25, -0.2) is 8.42 Å². The minimum Gasteiger partial charge on any atom is -0.349 e. The predicted molar refractivity (Wildman–Crippen MR) is 125 cm³/mol. The first-order valence-corrected chi connectivity index (χ1v) is 11.3. The van der Waals surface area contributed by atoms with Crippen molar-refractivity contribution >= 4 is 33.2 Å². The number of amides is 2. The Labute approximate surface area is 187 Å². The van der Waals surface area contributed by atoms with E-state index in [1.54, 1.807) is 73.7 Å². The van der Waals surface area contributed by atoms with Crippen LogP contribution in [0.2, 0.25) is 0 Å². The molecule has 0 spiro atoms. The summed E-state index contributed by atoms with van der Waals surface area (Å²) in [6.45, 7) is 5.51. The van der Waals surface area contributed by atoms with Gasteiger partial charge < -0.3 is 10.6 Å². The summed E-state index contributed by atoms with van der Waals surface area (Å²) in [4.78, 5) is 25.5. The van der Waals surface area contributed by atoms with Gasteiger partial charge >= 0.3 is 0 Å². The maximum Gasteiger partial charge on any atom is 0.261 e. The number of anilines is 2. The molecule has 3 aromatic rings. The fourth-order valence-electron chi connectivity index (χ4n) is 3.04. The molecule has 0 aliphatic carbocycles. The van der Waals surface area contributed by atoms with Crippen molar-refractivity contribution < 1.29 is 18.0 Å². The van der Waals surface area contributed by atoms with E-state index in [9.17, 15) is 18.0 Å². The lowest BCUT2D eigenvalue weighted by atomic mass is 10.1. The van der Waals surface area contributed by atoms with Gasteiger partial charge in [-0.3, -0.25) is 14.3 Å². The highest BCUT2D eigenvalue weighted by molar-refractivity contribution is 7.92. The van der Waals surface area contributed by atoms with E-state index in [1.165, 1.54) is 12.1 Å². The number of rotatable bonds is 8. The highest BCUT2D eigenvalue weighted by Gasteiger charge is 2.19. The highest BCUT2D eigenvalue weighted by Crippen LogP contribution is 2.24. The first kappa shape index (κ1) is 22.8. The third kappa shape index (κ3) is 5.22. The molecule has 8 heteroatoms. The lowest BCUT2D eigenvalue weighted by Gasteiger charge is -2.15. The lowest BCUT2D eigenvalue weighted by molar-refractivity contribution is 0.0959. The Morgan fingerprint density at radius 1 is 0.844 bits per heavy atom. The molecule has 7 nitrogen and oxygen atoms in total. The number of benzene rings is 3. The Kier molecular flexibility index (Phi) is 7.07. The molecule has 0 bridgehead atoms. The van der Waals surface area contributed by atoms with Crippen LogP contribution in [0.1, 0.15) is 26.3 Å². The zero-order chi connectivity index (χ0) is 23.1. The summed E-state index contributed by atoms with van der Waals surface area (Å²) in [7, 11) is -3.81.